The monoisotopic (exact) mass is 382 g/mol. The minimum absolute atomic E-state index is 0.0980. The second kappa shape index (κ2) is 9.44. The number of rotatable bonds is 9. The molecule has 0 atom stereocenters. The Balaban J connectivity index is 1.90. The van der Waals surface area contributed by atoms with Gasteiger partial charge in [0.05, 0.1) is 6.54 Å². The molecule has 0 saturated carbocycles. The average Bonchev–Trinajstić information content (AvgIpc) is 3.05. The predicted octanol–water partition coefficient (Wildman–Crippen LogP) is 4.81. The van der Waals surface area contributed by atoms with Crippen molar-refractivity contribution in [2.45, 2.75) is 52.6 Å². The Bertz CT molecular complexity index is 920. The van der Waals surface area contributed by atoms with E-state index in [0.29, 0.717) is 18.7 Å². The molecule has 1 amide bonds. The average molecular weight is 382 g/mol. The summed E-state index contributed by atoms with van der Waals surface area (Å²) in [6.07, 6.45) is 5.78. The van der Waals surface area contributed by atoms with E-state index in [1.54, 1.807) is 18.3 Å². The first kappa shape index (κ1) is 20.0. The van der Waals surface area contributed by atoms with Crippen molar-refractivity contribution in [2.75, 3.05) is 6.54 Å². The quantitative estimate of drug-likeness (QED) is 0.499. The number of imidazole rings is 1. The number of carbonyl (C=O) groups excluding carboxylic acids is 1. The third kappa shape index (κ3) is 4.55. The second-order valence-electron chi connectivity index (χ2n) is 6.97. The molecule has 148 valence electrons. The van der Waals surface area contributed by atoms with Crippen LogP contribution in [-0.2, 0) is 13.1 Å². The molecular formula is C22H27FN4O. The minimum atomic E-state index is -0.343. The lowest BCUT2D eigenvalue weighted by atomic mass is 10.1. The van der Waals surface area contributed by atoms with Gasteiger partial charge in [-0.05, 0) is 49.2 Å². The number of hydrogen-bond donors (Lipinski definition) is 0. The van der Waals surface area contributed by atoms with Gasteiger partial charge in [-0.2, -0.15) is 0 Å². The molecule has 5 nitrogen and oxygen atoms in total. The van der Waals surface area contributed by atoms with Gasteiger partial charge >= 0.3 is 0 Å². The fourth-order valence-corrected chi connectivity index (χ4v) is 3.34. The van der Waals surface area contributed by atoms with Crippen LogP contribution < -0.4 is 0 Å². The van der Waals surface area contributed by atoms with Gasteiger partial charge in [-0.1, -0.05) is 26.7 Å². The topological polar surface area (TPSA) is 51.0 Å². The van der Waals surface area contributed by atoms with Crippen molar-refractivity contribution < 1.29 is 9.18 Å². The molecule has 0 N–H and O–H groups in total. The van der Waals surface area contributed by atoms with Crippen LogP contribution in [0, 0.1) is 5.82 Å². The van der Waals surface area contributed by atoms with E-state index in [4.69, 9.17) is 4.98 Å². The van der Waals surface area contributed by atoms with Crippen molar-refractivity contribution in [3.63, 3.8) is 0 Å². The normalized spacial score (nSPS) is 11.1. The van der Waals surface area contributed by atoms with Crippen molar-refractivity contribution in [1.82, 2.24) is 19.4 Å². The summed E-state index contributed by atoms with van der Waals surface area (Å²) in [5, 5.41) is 0. The summed E-state index contributed by atoms with van der Waals surface area (Å²) < 4.78 is 15.4. The van der Waals surface area contributed by atoms with Gasteiger partial charge in [0.15, 0.2) is 5.65 Å². The molecule has 6 heteroatoms. The Morgan fingerprint density at radius 2 is 1.89 bits per heavy atom. The number of unbranched alkanes of at least 4 members (excludes halogenated alkanes) is 2. The highest BCUT2D eigenvalue weighted by Crippen LogP contribution is 2.18. The van der Waals surface area contributed by atoms with E-state index in [1.807, 2.05) is 17.0 Å². The van der Waals surface area contributed by atoms with Crippen LogP contribution in [0.2, 0.25) is 0 Å². The maximum atomic E-state index is 13.3. The van der Waals surface area contributed by atoms with Crippen molar-refractivity contribution in [3.05, 3.63) is 59.8 Å². The summed E-state index contributed by atoms with van der Waals surface area (Å²) in [5.41, 5.74) is 2.19. The number of benzene rings is 1. The van der Waals surface area contributed by atoms with E-state index >= 15 is 0 Å². The van der Waals surface area contributed by atoms with Gasteiger partial charge in [-0.3, -0.25) is 4.79 Å². The van der Waals surface area contributed by atoms with Gasteiger partial charge in [0.2, 0.25) is 0 Å². The van der Waals surface area contributed by atoms with E-state index in [0.717, 1.165) is 49.2 Å². The lowest BCUT2D eigenvalue weighted by Crippen LogP contribution is -2.32. The number of nitrogens with zero attached hydrogens (tertiary/aromatic N) is 4. The fourth-order valence-electron chi connectivity index (χ4n) is 3.34. The van der Waals surface area contributed by atoms with Gasteiger partial charge in [0, 0.05) is 24.8 Å². The van der Waals surface area contributed by atoms with Gasteiger partial charge in [-0.25, -0.2) is 14.4 Å². The molecule has 1 aromatic carbocycles. The van der Waals surface area contributed by atoms with Crippen molar-refractivity contribution >= 4 is 17.1 Å². The summed E-state index contributed by atoms with van der Waals surface area (Å²) in [6.45, 7) is 6.11. The lowest BCUT2D eigenvalue weighted by molar-refractivity contribution is 0.0734. The molecular weight excluding hydrogens is 355 g/mol. The number of carbonyl (C=O) groups is 1. The zero-order valence-electron chi connectivity index (χ0n) is 16.6. The third-order valence-electron chi connectivity index (χ3n) is 4.77. The molecule has 3 rings (SSSR count). The number of hydrogen-bond acceptors (Lipinski definition) is 3. The van der Waals surface area contributed by atoms with E-state index in [2.05, 4.69) is 23.4 Å². The SMILES string of the molecule is CCCCCN(Cc1nc2cccnc2n1CCC)C(=O)c1ccc(F)cc1. The molecule has 0 fully saturated rings. The standard InChI is InChI=1S/C22H27FN4O/c1-3-5-6-15-26(22(28)17-9-11-18(23)12-10-17)16-20-25-19-8-7-13-24-21(19)27(20)14-4-2/h7-13H,3-6,14-16H2,1-2H3. The fraction of sp³-hybridized carbons (Fsp3) is 0.409. The first-order valence-electron chi connectivity index (χ1n) is 9.99. The number of amides is 1. The Morgan fingerprint density at radius 3 is 2.61 bits per heavy atom. The van der Waals surface area contributed by atoms with Crippen molar-refractivity contribution in [2.24, 2.45) is 0 Å². The van der Waals surface area contributed by atoms with Crippen molar-refractivity contribution in [1.29, 1.82) is 0 Å². The van der Waals surface area contributed by atoms with Crippen LogP contribution in [0.15, 0.2) is 42.6 Å². The molecule has 0 aliphatic heterocycles. The van der Waals surface area contributed by atoms with E-state index < -0.39 is 0 Å². The number of fused-ring (bicyclic) bond motifs is 1. The molecule has 2 heterocycles. The van der Waals surface area contributed by atoms with Gasteiger partial charge in [0.1, 0.15) is 17.2 Å². The zero-order valence-corrected chi connectivity index (χ0v) is 16.6. The second-order valence-corrected chi connectivity index (χ2v) is 6.97. The first-order chi connectivity index (χ1) is 13.6. The minimum Gasteiger partial charge on any atom is -0.331 e. The summed E-state index contributed by atoms with van der Waals surface area (Å²) in [5.74, 6) is 0.395. The van der Waals surface area contributed by atoms with Gasteiger partial charge < -0.3 is 9.47 Å². The van der Waals surface area contributed by atoms with Crippen LogP contribution in [0.5, 0.6) is 0 Å². The van der Waals surface area contributed by atoms with Gasteiger partial charge in [0.25, 0.3) is 5.91 Å². The maximum Gasteiger partial charge on any atom is 0.254 e. The largest absolute Gasteiger partial charge is 0.331 e. The van der Waals surface area contributed by atoms with Crippen LogP contribution in [0.1, 0.15) is 55.7 Å². The van der Waals surface area contributed by atoms with E-state index in [-0.39, 0.29) is 11.7 Å². The maximum absolute atomic E-state index is 13.3. The molecule has 0 saturated heterocycles. The molecule has 0 spiro atoms. The summed E-state index contributed by atoms with van der Waals surface area (Å²) >= 11 is 0. The Kier molecular flexibility index (Phi) is 6.74. The van der Waals surface area contributed by atoms with Crippen LogP contribution in [0.4, 0.5) is 4.39 Å². The zero-order chi connectivity index (χ0) is 19.9. The molecule has 2 aromatic heterocycles. The molecule has 3 aromatic rings. The number of halogens is 1. The molecule has 0 bridgehead atoms. The Labute approximate surface area is 165 Å². The molecule has 28 heavy (non-hydrogen) atoms. The predicted molar refractivity (Wildman–Crippen MR) is 108 cm³/mol. The van der Waals surface area contributed by atoms with Crippen LogP contribution in [-0.4, -0.2) is 31.9 Å². The van der Waals surface area contributed by atoms with E-state index in [1.165, 1.54) is 12.1 Å². The smallest absolute Gasteiger partial charge is 0.254 e. The summed E-state index contributed by atoms with van der Waals surface area (Å²) in [4.78, 5) is 24.1. The molecule has 0 radical (unpaired) electrons. The highest BCUT2D eigenvalue weighted by molar-refractivity contribution is 5.94. The Hall–Kier alpha value is -2.76. The highest BCUT2D eigenvalue weighted by Gasteiger charge is 2.20. The Morgan fingerprint density at radius 1 is 1.11 bits per heavy atom. The third-order valence-corrected chi connectivity index (χ3v) is 4.77. The molecule has 0 aliphatic rings. The van der Waals surface area contributed by atoms with Crippen LogP contribution >= 0.6 is 0 Å². The number of pyridine rings is 1. The number of aryl methyl sites for hydroxylation is 1. The summed E-state index contributed by atoms with van der Waals surface area (Å²) in [7, 11) is 0. The number of aromatic nitrogens is 3. The highest BCUT2D eigenvalue weighted by atomic mass is 19.1. The first-order valence-corrected chi connectivity index (χ1v) is 9.99. The molecule has 0 aliphatic carbocycles. The summed E-state index contributed by atoms with van der Waals surface area (Å²) in [6, 6.07) is 9.56. The van der Waals surface area contributed by atoms with Crippen molar-refractivity contribution in [3.8, 4) is 0 Å². The van der Waals surface area contributed by atoms with Crippen LogP contribution in [0.25, 0.3) is 11.2 Å². The lowest BCUT2D eigenvalue weighted by Gasteiger charge is -2.23. The van der Waals surface area contributed by atoms with Gasteiger partial charge in [-0.15, -0.1) is 0 Å². The molecule has 0 unspecified atom stereocenters. The van der Waals surface area contributed by atoms with E-state index in [9.17, 15) is 9.18 Å². The van der Waals surface area contributed by atoms with Crippen LogP contribution in [0.3, 0.4) is 0 Å².